The van der Waals surface area contributed by atoms with Crippen LogP contribution in [0.15, 0.2) is 24.3 Å². The summed E-state index contributed by atoms with van der Waals surface area (Å²) in [5, 5.41) is 8.79. The average molecular weight is 182 g/mol. The van der Waals surface area contributed by atoms with Gasteiger partial charge in [0, 0.05) is 0 Å². The van der Waals surface area contributed by atoms with Crippen molar-refractivity contribution in [3.8, 4) is 0 Å². The third kappa shape index (κ3) is 2.88. The summed E-state index contributed by atoms with van der Waals surface area (Å²) in [5.41, 5.74) is 2.30. The van der Waals surface area contributed by atoms with Crippen LogP contribution in [0.5, 0.6) is 0 Å². The molecule has 0 bridgehead atoms. The highest BCUT2D eigenvalue weighted by molar-refractivity contribution is 7.80. The van der Waals surface area contributed by atoms with Gasteiger partial charge in [0.05, 0.1) is 6.61 Å². The summed E-state index contributed by atoms with van der Waals surface area (Å²) in [6.45, 7) is 0.132. The van der Waals surface area contributed by atoms with E-state index >= 15 is 0 Å². The van der Waals surface area contributed by atoms with Crippen LogP contribution in [-0.2, 0) is 13.0 Å². The summed E-state index contributed by atoms with van der Waals surface area (Å²) >= 11 is 4.15. The Kier molecular flexibility index (Phi) is 4.19. The highest BCUT2D eigenvalue weighted by atomic mass is 32.1. The molecule has 0 saturated carbocycles. The van der Waals surface area contributed by atoms with E-state index in [0.717, 1.165) is 24.2 Å². The van der Waals surface area contributed by atoms with Gasteiger partial charge in [-0.25, -0.2) is 0 Å². The molecule has 0 fully saturated rings. The summed E-state index contributed by atoms with van der Waals surface area (Å²) in [7, 11) is 0. The smallest absolute Gasteiger partial charge is 0.0681 e. The van der Waals surface area contributed by atoms with E-state index in [0.29, 0.717) is 0 Å². The maximum absolute atomic E-state index is 8.79. The Labute approximate surface area is 78.8 Å². The Morgan fingerprint density at radius 2 is 1.67 bits per heavy atom. The fraction of sp³-hybridized carbons (Fsp3) is 0.400. The SMILES string of the molecule is OCc1ccc(CCCS)cc1. The van der Waals surface area contributed by atoms with Crippen LogP contribution in [0.3, 0.4) is 0 Å². The molecule has 0 atom stereocenters. The van der Waals surface area contributed by atoms with Gasteiger partial charge in [-0.05, 0) is 29.7 Å². The maximum Gasteiger partial charge on any atom is 0.0681 e. The zero-order valence-electron chi connectivity index (χ0n) is 7.03. The van der Waals surface area contributed by atoms with E-state index < -0.39 is 0 Å². The van der Waals surface area contributed by atoms with Gasteiger partial charge in [-0.15, -0.1) is 0 Å². The van der Waals surface area contributed by atoms with Gasteiger partial charge in [0.1, 0.15) is 0 Å². The summed E-state index contributed by atoms with van der Waals surface area (Å²) in [4.78, 5) is 0. The van der Waals surface area contributed by atoms with Crippen molar-refractivity contribution in [2.75, 3.05) is 5.75 Å². The van der Waals surface area contributed by atoms with Gasteiger partial charge < -0.3 is 5.11 Å². The average Bonchev–Trinajstić information content (AvgIpc) is 2.15. The maximum atomic E-state index is 8.79. The molecule has 1 aromatic rings. The fourth-order valence-electron chi connectivity index (χ4n) is 1.09. The second-order valence-corrected chi connectivity index (χ2v) is 3.25. The number of aliphatic hydroxyl groups excluding tert-OH is 1. The van der Waals surface area contributed by atoms with E-state index in [1.54, 1.807) is 0 Å². The second kappa shape index (κ2) is 5.22. The Morgan fingerprint density at radius 1 is 1.08 bits per heavy atom. The Bertz CT molecular complexity index is 218. The van der Waals surface area contributed by atoms with Crippen LogP contribution in [0.2, 0.25) is 0 Å². The van der Waals surface area contributed by atoms with Gasteiger partial charge >= 0.3 is 0 Å². The van der Waals surface area contributed by atoms with Crippen LogP contribution < -0.4 is 0 Å². The number of aliphatic hydroxyl groups is 1. The van der Waals surface area contributed by atoms with Gasteiger partial charge in [-0.2, -0.15) is 12.6 Å². The molecule has 1 rings (SSSR count). The van der Waals surface area contributed by atoms with Crippen molar-refractivity contribution in [3.63, 3.8) is 0 Å². The lowest BCUT2D eigenvalue weighted by molar-refractivity contribution is 0.282. The molecule has 0 amide bonds. The van der Waals surface area contributed by atoms with Crippen molar-refractivity contribution in [2.45, 2.75) is 19.4 Å². The first kappa shape index (κ1) is 9.62. The monoisotopic (exact) mass is 182 g/mol. The summed E-state index contributed by atoms with van der Waals surface area (Å²) in [6.07, 6.45) is 2.19. The molecule has 66 valence electrons. The predicted molar refractivity (Wildman–Crippen MR) is 54.5 cm³/mol. The van der Waals surface area contributed by atoms with E-state index in [2.05, 4.69) is 24.8 Å². The molecule has 0 saturated heterocycles. The van der Waals surface area contributed by atoms with Crippen LogP contribution in [0.1, 0.15) is 17.5 Å². The number of aryl methyl sites for hydroxylation is 1. The molecule has 0 unspecified atom stereocenters. The third-order valence-electron chi connectivity index (χ3n) is 1.83. The Morgan fingerprint density at radius 3 is 2.17 bits per heavy atom. The molecule has 0 spiro atoms. The normalized spacial score (nSPS) is 10.2. The summed E-state index contributed by atoms with van der Waals surface area (Å²) in [6, 6.07) is 8.06. The quantitative estimate of drug-likeness (QED) is 0.683. The third-order valence-corrected chi connectivity index (χ3v) is 2.15. The van der Waals surface area contributed by atoms with Gasteiger partial charge in [0.2, 0.25) is 0 Å². The van der Waals surface area contributed by atoms with Gasteiger partial charge in [0.15, 0.2) is 0 Å². The zero-order valence-corrected chi connectivity index (χ0v) is 7.93. The first-order chi connectivity index (χ1) is 5.86. The Balaban J connectivity index is 2.53. The molecule has 1 N–H and O–H groups in total. The van der Waals surface area contributed by atoms with Crippen molar-refractivity contribution >= 4 is 12.6 Å². The van der Waals surface area contributed by atoms with Crippen molar-refractivity contribution < 1.29 is 5.11 Å². The molecule has 0 aromatic heterocycles. The second-order valence-electron chi connectivity index (χ2n) is 2.80. The number of rotatable bonds is 4. The van der Waals surface area contributed by atoms with E-state index in [-0.39, 0.29) is 6.61 Å². The predicted octanol–water partition coefficient (Wildman–Crippen LogP) is 2.04. The van der Waals surface area contributed by atoms with Crippen molar-refractivity contribution in [2.24, 2.45) is 0 Å². The van der Waals surface area contributed by atoms with Crippen LogP contribution in [0, 0.1) is 0 Å². The molecular weight excluding hydrogens is 168 g/mol. The van der Waals surface area contributed by atoms with Gasteiger partial charge in [-0.3, -0.25) is 0 Å². The molecule has 1 aromatic carbocycles. The van der Waals surface area contributed by atoms with E-state index in [1.165, 1.54) is 5.56 Å². The van der Waals surface area contributed by atoms with Gasteiger partial charge in [0.25, 0.3) is 0 Å². The molecule has 2 heteroatoms. The van der Waals surface area contributed by atoms with E-state index in [4.69, 9.17) is 5.11 Å². The number of hydrogen-bond acceptors (Lipinski definition) is 2. The molecule has 0 aliphatic carbocycles. The number of thiol groups is 1. The van der Waals surface area contributed by atoms with Crippen molar-refractivity contribution in [1.82, 2.24) is 0 Å². The molecule has 0 aliphatic heterocycles. The lowest BCUT2D eigenvalue weighted by Crippen LogP contribution is -1.88. The van der Waals surface area contributed by atoms with Crippen LogP contribution in [0.25, 0.3) is 0 Å². The zero-order chi connectivity index (χ0) is 8.81. The largest absolute Gasteiger partial charge is 0.392 e. The molecule has 1 nitrogen and oxygen atoms in total. The summed E-state index contributed by atoms with van der Waals surface area (Å²) in [5.74, 6) is 0.932. The highest BCUT2D eigenvalue weighted by Gasteiger charge is 1.92. The van der Waals surface area contributed by atoms with Crippen molar-refractivity contribution in [3.05, 3.63) is 35.4 Å². The van der Waals surface area contributed by atoms with E-state index in [9.17, 15) is 0 Å². The van der Waals surface area contributed by atoms with Crippen LogP contribution in [-0.4, -0.2) is 10.9 Å². The highest BCUT2D eigenvalue weighted by Crippen LogP contribution is 2.06. The molecule has 0 heterocycles. The minimum absolute atomic E-state index is 0.132. The number of benzene rings is 1. The topological polar surface area (TPSA) is 20.2 Å². The molecule has 12 heavy (non-hydrogen) atoms. The van der Waals surface area contributed by atoms with Crippen molar-refractivity contribution in [1.29, 1.82) is 0 Å². The molecular formula is C10H14OS. The van der Waals surface area contributed by atoms with E-state index in [1.807, 2.05) is 12.1 Å². The Hall–Kier alpha value is -0.470. The standard InChI is InChI=1S/C10H14OS/c11-8-10-5-3-9(4-6-10)2-1-7-12/h3-6,11-12H,1-2,7-8H2. The van der Waals surface area contributed by atoms with Gasteiger partial charge in [-0.1, -0.05) is 24.3 Å². The fourth-order valence-corrected chi connectivity index (χ4v) is 1.25. The lowest BCUT2D eigenvalue weighted by Gasteiger charge is -2.00. The first-order valence-electron chi connectivity index (χ1n) is 4.16. The lowest BCUT2D eigenvalue weighted by atomic mass is 10.1. The first-order valence-corrected chi connectivity index (χ1v) is 4.79. The molecule has 0 aliphatic rings. The van der Waals surface area contributed by atoms with Crippen LogP contribution >= 0.6 is 12.6 Å². The minimum atomic E-state index is 0.132. The van der Waals surface area contributed by atoms with Crippen LogP contribution in [0.4, 0.5) is 0 Å². The summed E-state index contributed by atoms with van der Waals surface area (Å²) < 4.78 is 0. The minimum Gasteiger partial charge on any atom is -0.392 e. The number of hydrogen-bond donors (Lipinski definition) is 2. The molecule has 0 radical (unpaired) electrons.